The van der Waals surface area contributed by atoms with Gasteiger partial charge in [0.05, 0.1) is 24.6 Å². The third-order valence-corrected chi connectivity index (χ3v) is 7.99. The predicted molar refractivity (Wildman–Crippen MR) is 147 cm³/mol. The van der Waals surface area contributed by atoms with Crippen molar-refractivity contribution in [2.45, 2.75) is 32.9 Å². The van der Waals surface area contributed by atoms with Crippen LogP contribution in [0, 0.1) is 0 Å². The highest BCUT2D eigenvalue weighted by Gasteiger charge is 2.24. The zero-order valence-corrected chi connectivity index (χ0v) is 22.4. The Hall–Kier alpha value is -3.20. The molecule has 0 unspecified atom stereocenters. The molecule has 8 heteroatoms. The largest absolute Gasteiger partial charge is 0.483 e. The maximum atomic E-state index is 13.0. The molecule has 0 atom stereocenters. The second-order valence-corrected chi connectivity index (χ2v) is 10.7. The molecule has 0 saturated carbocycles. The third-order valence-electron chi connectivity index (χ3n) is 7.99. The number of piperazine rings is 1. The fraction of sp³-hybridized carbons (Fsp3) is 0.467. The van der Waals surface area contributed by atoms with Crippen molar-refractivity contribution in [2.24, 2.45) is 0 Å². The van der Waals surface area contributed by atoms with Crippen LogP contribution in [-0.2, 0) is 17.8 Å². The molecule has 1 aromatic heterocycles. The number of amides is 1. The first-order valence-electron chi connectivity index (χ1n) is 13.8. The first kappa shape index (κ1) is 25.1. The van der Waals surface area contributed by atoms with Crippen molar-refractivity contribution >= 4 is 5.91 Å². The smallest absolute Gasteiger partial charge is 0.253 e. The van der Waals surface area contributed by atoms with Crippen molar-refractivity contribution < 1.29 is 14.3 Å². The topological polar surface area (TPSA) is 63.1 Å². The van der Waals surface area contributed by atoms with E-state index in [0.29, 0.717) is 12.6 Å². The minimum Gasteiger partial charge on any atom is -0.483 e. The quantitative estimate of drug-likeness (QED) is 0.501. The molecule has 3 aliphatic rings. The number of benzene rings is 2. The summed E-state index contributed by atoms with van der Waals surface area (Å²) >= 11 is 0. The molecule has 38 heavy (non-hydrogen) atoms. The summed E-state index contributed by atoms with van der Waals surface area (Å²) in [6.45, 7) is 12.9. The summed E-state index contributed by atoms with van der Waals surface area (Å²) < 4.78 is 13.7. The second kappa shape index (κ2) is 10.9. The maximum Gasteiger partial charge on any atom is 0.253 e. The van der Waals surface area contributed by atoms with E-state index in [0.717, 1.165) is 105 Å². The van der Waals surface area contributed by atoms with Crippen LogP contribution in [0.5, 0.6) is 5.75 Å². The number of morpholine rings is 1. The summed E-state index contributed by atoms with van der Waals surface area (Å²) in [4.78, 5) is 24.7. The molecule has 8 nitrogen and oxygen atoms in total. The number of carbonyl (C=O) groups is 1. The van der Waals surface area contributed by atoms with Gasteiger partial charge in [-0.1, -0.05) is 18.2 Å². The zero-order valence-electron chi connectivity index (χ0n) is 22.4. The average molecular weight is 516 g/mol. The van der Waals surface area contributed by atoms with Gasteiger partial charge in [0, 0.05) is 70.0 Å². The van der Waals surface area contributed by atoms with E-state index in [9.17, 15) is 4.79 Å². The lowest BCUT2D eigenvalue weighted by atomic mass is 10.0. The van der Waals surface area contributed by atoms with Crippen LogP contribution in [0.15, 0.2) is 48.7 Å². The number of ether oxygens (including phenoxy) is 2. The summed E-state index contributed by atoms with van der Waals surface area (Å²) in [5.41, 5.74) is 5.00. The van der Waals surface area contributed by atoms with Crippen LogP contribution >= 0.6 is 0 Å². The third kappa shape index (κ3) is 5.21. The van der Waals surface area contributed by atoms with Crippen molar-refractivity contribution in [3.8, 4) is 22.6 Å². The molecule has 2 saturated heterocycles. The summed E-state index contributed by atoms with van der Waals surface area (Å²) in [5, 5.41) is 0. The minimum atomic E-state index is 0.116. The van der Waals surface area contributed by atoms with E-state index in [1.165, 1.54) is 0 Å². The van der Waals surface area contributed by atoms with Crippen LogP contribution in [0.4, 0.5) is 0 Å². The molecule has 2 aromatic carbocycles. The SMILES string of the molecule is CC(C)N1CCN(C(=O)c2ccc(-c3ccc4c(c3)OCc3nc(CCN5CCOCC5)cn3-4)cc2)CC1. The van der Waals surface area contributed by atoms with Gasteiger partial charge in [-0.3, -0.25) is 19.2 Å². The van der Waals surface area contributed by atoms with Crippen LogP contribution in [0.3, 0.4) is 0 Å². The van der Waals surface area contributed by atoms with Gasteiger partial charge >= 0.3 is 0 Å². The Morgan fingerprint density at radius 3 is 2.42 bits per heavy atom. The van der Waals surface area contributed by atoms with E-state index in [-0.39, 0.29) is 5.91 Å². The van der Waals surface area contributed by atoms with Gasteiger partial charge in [-0.15, -0.1) is 0 Å². The molecule has 0 radical (unpaired) electrons. The standard InChI is InChI=1S/C30H37N5O3/c1-22(2)33-11-13-34(14-12-33)30(36)24-5-3-23(4-6-24)25-7-8-27-28(19-25)38-21-29-31-26(20-35(27)29)9-10-32-15-17-37-18-16-32/h3-8,19-20,22H,9-18,21H2,1-2H3. The number of rotatable bonds is 6. The predicted octanol–water partition coefficient (Wildman–Crippen LogP) is 3.47. The lowest BCUT2D eigenvalue weighted by Gasteiger charge is -2.37. The van der Waals surface area contributed by atoms with Crippen molar-refractivity contribution in [1.29, 1.82) is 0 Å². The Morgan fingerprint density at radius 2 is 1.68 bits per heavy atom. The van der Waals surface area contributed by atoms with E-state index in [4.69, 9.17) is 14.5 Å². The highest BCUT2D eigenvalue weighted by molar-refractivity contribution is 5.94. The molecule has 0 N–H and O–H groups in total. The summed E-state index contributed by atoms with van der Waals surface area (Å²) in [7, 11) is 0. The summed E-state index contributed by atoms with van der Waals surface area (Å²) in [5.74, 6) is 1.92. The van der Waals surface area contributed by atoms with Gasteiger partial charge in [0.2, 0.25) is 0 Å². The Bertz CT molecular complexity index is 1270. The van der Waals surface area contributed by atoms with E-state index < -0.39 is 0 Å². The molecule has 0 bridgehead atoms. The number of nitrogens with zero attached hydrogens (tertiary/aromatic N) is 5. The van der Waals surface area contributed by atoms with Gasteiger partial charge in [-0.25, -0.2) is 4.98 Å². The fourth-order valence-electron chi connectivity index (χ4n) is 5.58. The van der Waals surface area contributed by atoms with Crippen molar-refractivity contribution in [2.75, 3.05) is 59.0 Å². The number of imidazole rings is 1. The molecule has 3 aliphatic heterocycles. The van der Waals surface area contributed by atoms with Crippen molar-refractivity contribution in [3.05, 3.63) is 65.7 Å². The summed E-state index contributed by atoms with van der Waals surface area (Å²) in [6.07, 6.45) is 3.07. The first-order chi connectivity index (χ1) is 18.5. The monoisotopic (exact) mass is 515 g/mol. The van der Waals surface area contributed by atoms with Gasteiger partial charge in [-0.05, 0) is 49.2 Å². The minimum absolute atomic E-state index is 0.116. The molecule has 2 fully saturated rings. The Labute approximate surface area is 224 Å². The normalized spacial score (nSPS) is 18.2. The lowest BCUT2D eigenvalue weighted by molar-refractivity contribution is 0.0383. The molecule has 200 valence electrons. The average Bonchev–Trinajstić information content (AvgIpc) is 3.40. The lowest BCUT2D eigenvalue weighted by Crippen LogP contribution is -2.50. The number of carbonyl (C=O) groups excluding carboxylic acids is 1. The van der Waals surface area contributed by atoms with Gasteiger partial charge in [0.25, 0.3) is 5.91 Å². The summed E-state index contributed by atoms with van der Waals surface area (Å²) in [6, 6.07) is 14.8. The van der Waals surface area contributed by atoms with Crippen LogP contribution < -0.4 is 4.74 Å². The maximum absolute atomic E-state index is 13.0. The molecular weight excluding hydrogens is 478 g/mol. The molecule has 1 amide bonds. The number of fused-ring (bicyclic) bond motifs is 3. The number of hydrogen-bond donors (Lipinski definition) is 0. The van der Waals surface area contributed by atoms with Crippen LogP contribution in [0.25, 0.3) is 16.8 Å². The van der Waals surface area contributed by atoms with E-state index in [2.05, 4.69) is 52.6 Å². The Morgan fingerprint density at radius 1 is 0.947 bits per heavy atom. The van der Waals surface area contributed by atoms with Gasteiger partial charge < -0.3 is 14.4 Å². The van der Waals surface area contributed by atoms with E-state index >= 15 is 0 Å². The molecule has 0 aliphatic carbocycles. The van der Waals surface area contributed by atoms with Crippen LogP contribution in [-0.4, -0.2) is 95.2 Å². The zero-order chi connectivity index (χ0) is 26.1. The van der Waals surface area contributed by atoms with Crippen molar-refractivity contribution in [1.82, 2.24) is 24.3 Å². The highest BCUT2D eigenvalue weighted by atomic mass is 16.5. The number of hydrogen-bond acceptors (Lipinski definition) is 6. The van der Waals surface area contributed by atoms with E-state index in [1.54, 1.807) is 0 Å². The van der Waals surface area contributed by atoms with Gasteiger partial charge in [0.15, 0.2) is 5.82 Å². The van der Waals surface area contributed by atoms with Crippen LogP contribution in [0.1, 0.15) is 35.7 Å². The highest BCUT2D eigenvalue weighted by Crippen LogP contribution is 2.34. The first-order valence-corrected chi connectivity index (χ1v) is 13.8. The molecule has 4 heterocycles. The van der Waals surface area contributed by atoms with E-state index in [1.807, 2.05) is 29.2 Å². The van der Waals surface area contributed by atoms with Gasteiger partial charge in [0.1, 0.15) is 12.4 Å². The Kier molecular flexibility index (Phi) is 7.19. The van der Waals surface area contributed by atoms with Crippen LogP contribution in [0.2, 0.25) is 0 Å². The second-order valence-electron chi connectivity index (χ2n) is 10.7. The van der Waals surface area contributed by atoms with Gasteiger partial charge in [-0.2, -0.15) is 0 Å². The fourth-order valence-corrected chi connectivity index (χ4v) is 5.58. The molecule has 6 rings (SSSR count). The number of aromatic nitrogens is 2. The molecule has 3 aromatic rings. The Balaban J connectivity index is 1.12. The van der Waals surface area contributed by atoms with Crippen molar-refractivity contribution in [3.63, 3.8) is 0 Å². The molecule has 0 spiro atoms. The molecular formula is C30H37N5O3.